The number of hydrogen-bond donors (Lipinski definition) is 1. The van der Waals surface area contributed by atoms with Crippen LogP contribution in [0.4, 0.5) is 0 Å². The van der Waals surface area contributed by atoms with Crippen molar-refractivity contribution in [3.05, 3.63) is 72.3 Å². The predicted molar refractivity (Wildman–Crippen MR) is 104 cm³/mol. The Morgan fingerprint density at radius 2 is 1.62 bits per heavy atom. The van der Waals surface area contributed by atoms with Crippen LogP contribution in [0.15, 0.2) is 66.7 Å². The largest absolute Gasteiger partial charge is 0.491 e. The van der Waals surface area contributed by atoms with Crippen molar-refractivity contribution in [2.75, 3.05) is 13.2 Å². The molecule has 0 radical (unpaired) electrons. The molecule has 0 fully saturated rings. The van der Waals surface area contributed by atoms with Crippen molar-refractivity contribution in [3.63, 3.8) is 0 Å². The number of rotatable bonds is 7. The zero-order valence-corrected chi connectivity index (χ0v) is 15.1. The highest BCUT2D eigenvalue weighted by molar-refractivity contribution is 5.84. The van der Waals surface area contributed by atoms with E-state index in [4.69, 9.17) is 9.47 Å². The van der Waals surface area contributed by atoms with Crippen LogP contribution < -0.4 is 14.8 Å². The fraction of sp³-hybridized carbons (Fsp3) is 0.227. The fourth-order valence-electron chi connectivity index (χ4n) is 2.62. The highest BCUT2D eigenvalue weighted by Crippen LogP contribution is 2.20. The van der Waals surface area contributed by atoms with Gasteiger partial charge in [0, 0.05) is 0 Å². The second-order valence-corrected chi connectivity index (χ2v) is 6.39. The molecule has 0 aliphatic heterocycles. The Hall–Kier alpha value is -3.01. The van der Waals surface area contributed by atoms with Gasteiger partial charge >= 0.3 is 0 Å². The van der Waals surface area contributed by atoms with Gasteiger partial charge in [0.1, 0.15) is 18.1 Å². The first-order valence-electron chi connectivity index (χ1n) is 8.70. The number of carbonyl (C=O) groups is 1. The van der Waals surface area contributed by atoms with Crippen molar-refractivity contribution in [3.8, 4) is 11.5 Å². The van der Waals surface area contributed by atoms with Gasteiger partial charge in [0.05, 0.1) is 6.04 Å². The lowest BCUT2D eigenvalue weighted by atomic mass is 10.1. The molecule has 3 aromatic rings. The van der Waals surface area contributed by atoms with Crippen molar-refractivity contribution in [2.24, 2.45) is 0 Å². The van der Waals surface area contributed by atoms with Crippen LogP contribution in [0.2, 0.25) is 0 Å². The number of carbonyl (C=O) groups excluding carboxylic acids is 1. The lowest BCUT2D eigenvalue weighted by molar-refractivity contribution is -0.123. The number of fused-ring (bicyclic) bond motifs is 1. The third-order valence-electron chi connectivity index (χ3n) is 4.02. The molecule has 4 heteroatoms. The third-order valence-corrected chi connectivity index (χ3v) is 4.02. The predicted octanol–water partition coefficient (Wildman–Crippen LogP) is 4.11. The second-order valence-electron chi connectivity index (χ2n) is 6.39. The Labute approximate surface area is 153 Å². The Kier molecular flexibility index (Phi) is 5.74. The molecule has 26 heavy (non-hydrogen) atoms. The van der Waals surface area contributed by atoms with Crippen LogP contribution in [0.25, 0.3) is 10.8 Å². The molecule has 3 aromatic carbocycles. The molecule has 1 unspecified atom stereocenters. The highest BCUT2D eigenvalue weighted by Gasteiger charge is 2.09. The van der Waals surface area contributed by atoms with Crippen LogP contribution in [0, 0.1) is 6.92 Å². The summed E-state index contributed by atoms with van der Waals surface area (Å²) in [6.07, 6.45) is 0. The standard InChI is InChI=1S/C22H23NO3/c1-16-7-10-20(11-8-16)25-14-17(2)23-22(24)15-26-21-12-9-18-5-3-4-6-19(18)13-21/h3-13,17H,14-15H2,1-2H3,(H,23,24). The quantitative estimate of drug-likeness (QED) is 0.698. The molecule has 0 bridgehead atoms. The minimum atomic E-state index is -0.168. The maximum absolute atomic E-state index is 12.1. The van der Waals surface area contributed by atoms with Gasteiger partial charge in [0.2, 0.25) is 0 Å². The minimum absolute atomic E-state index is 0.0206. The molecule has 0 aromatic heterocycles. The van der Waals surface area contributed by atoms with Gasteiger partial charge in [-0.3, -0.25) is 4.79 Å². The van der Waals surface area contributed by atoms with Gasteiger partial charge in [-0.15, -0.1) is 0 Å². The number of hydrogen-bond acceptors (Lipinski definition) is 3. The summed E-state index contributed by atoms with van der Waals surface area (Å²) in [5.74, 6) is 1.31. The first-order valence-corrected chi connectivity index (χ1v) is 8.70. The van der Waals surface area contributed by atoms with Crippen molar-refractivity contribution in [2.45, 2.75) is 19.9 Å². The zero-order chi connectivity index (χ0) is 18.4. The van der Waals surface area contributed by atoms with Gasteiger partial charge in [0.25, 0.3) is 5.91 Å². The molecule has 0 saturated carbocycles. The summed E-state index contributed by atoms with van der Waals surface area (Å²) in [7, 11) is 0. The molecule has 0 saturated heterocycles. The van der Waals surface area contributed by atoms with E-state index < -0.39 is 0 Å². The Morgan fingerprint density at radius 3 is 2.38 bits per heavy atom. The van der Waals surface area contributed by atoms with Gasteiger partial charge in [0.15, 0.2) is 6.61 Å². The maximum Gasteiger partial charge on any atom is 0.258 e. The second kappa shape index (κ2) is 8.39. The lowest BCUT2D eigenvalue weighted by Crippen LogP contribution is -2.39. The smallest absolute Gasteiger partial charge is 0.258 e. The summed E-state index contributed by atoms with van der Waals surface area (Å²) >= 11 is 0. The number of nitrogens with one attached hydrogen (secondary N) is 1. The molecule has 1 N–H and O–H groups in total. The molecule has 0 spiro atoms. The van der Waals surface area contributed by atoms with Crippen LogP contribution in [-0.2, 0) is 4.79 Å². The number of amides is 1. The average Bonchev–Trinajstić information content (AvgIpc) is 2.66. The normalized spacial score (nSPS) is 11.8. The Morgan fingerprint density at radius 1 is 0.923 bits per heavy atom. The molecule has 0 aliphatic rings. The molecule has 3 rings (SSSR count). The summed E-state index contributed by atoms with van der Waals surface area (Å²) in [5.41, 5.74) is 1.18. The van der Waals surface area contributed by atoms with E-state index in [0.29, 0.717) is 12.4 Å². The van der Waals surface area contributed by atoms with Crippen molar-refractivity contribution in [1.29, 1.82) is 0 Å². The number of aryl methyl sites for hydroxylation is 1. The fourth-order valence-corrected chi connectivity index (χ4v) is 2.62. The van der Waals surface area contributed by atoms with Gasteiger partial charge in [-0.1, -0.05) is 48.0 Å². The molecular weight excluding hydrogens is 326 g/mol. The van der Waals surface area contributed by atoms with Crippen LogP contribution in [0.3, 0.4) is 0 Å². The molecule has 0 heterocycles. The molecule has 134 valence electrons. The molecule has 0 aliphatic carbocycles. The topological polar surface area (TPSA) is 47.6 Å². The SMILES string of the molecule is Cc1ccc(OCC(C)NC(=O)COc2ccc3ccccc3c2)cc1. The number of benzene rings is 3. The minimum Gasteiger partial charge on any atom is -0.491 e. The first-order chi connectivity index (χ1) is 12.6. The summed E-state index contributed by atoms with van der Waals surface area (Å²) in [6.45, 7) is 4.32. The Bertz CT molecular complexity index is 874. The monoisotopic (exact) mass is 349 g/mol. The average molecular weight is 349 g/mol. The van der Waals surface area contributed by atoms with Crippen molar-refractivity contribution >= 4 is 16.7 Å². The summed E-state index contributed by atoms with van der Waals surface area (Å²) in [6, 6.07) is 21.6. The van der Waals surface area contributed by atoms with E-state index in [9.17, 15) is 4.79 Å². The van der Waals surface area contributed by atoms with E-state index in [2.05, 4.69) is 5.32 Å². The van der Waals surface area contributed by atoms with E-state index in [1.165, 1.54) is 5.56 Å². The van der Waals surface area contributed by atoms with Crippen LogP contribution in [0.1, 0.15) is 12.5 Å². The number of ether oxygens (including phenoxy) is 2. The molecular formula is C22H23NO3. The van der Waals surface area contributed by atoms with Crippen molar-refractivity contribution in [1.82, 2.24) is 5.32 Å². The van der Waals surface area contributed by atoms with Crippen LogP contribution in [0.5, 0.6) is 11.5 Å². The maximum atomic E-state index is 12.1. The third kappa shape index (κ3) is 4.99. The van der Waals surface area contributed by atoms with Gasteiger partial charge in [-0.2, -0.15) is 0 Å². The van der Waals surface area contributed by atoms with Crippen molar-refractivity contribution < 1.29 is 14.3 Å². The lowest BCUT2D eigenvalue weighted by Gasteiger charge is -2.15. The van der Waals surface area contributed by atoms with E-state index in [1.807, 2.05) is 80.6 Å². The molecule has 1 amide bonds. The summed E-state index contributed by atoms with van der Waals surface area (Å²) < 4.78 is 11.3. The molecule has 1 atom stereocenters. The summed E-state index contributed by atoms with van der Waals surface area (Å²) in [5, 5.41) is 5.11. The van der Waals surface area contributed by atoms with Crippen LogP contribution in [-0.4, -0.2) is 25.2 Å². The zero-order valence-electron chi connectivity index (χ0n) is 15.1. The Balaban J connectivity index is 1.44. The van der Waals surface area contributed by atoms with E-state index in [1.54, 1.807) is 0 Å². The van der Waals surface area contributed by atoms with Gasteiger partial charge < -0.3 is 14.8 Å². The van der Waals surface area contributed by atoms with E-state index in [0.717, 1.165) is 16.5 Å². The van der Waals surface area contributed by atoms with E-state index in [-0.39, 0.29) is 18.6 Å². The summed E-state index contributed by atoms with van der Waals surface area (Å²) in [4.78, 5) is 12.1. The highest BCUT2D eigenvalue weighted by atomic mass is 16.5. The van der Waals surface area contributed by atoms with Gasteiger partial charge in [-0.05, 0) is 48.9 Å². The van der Waals surface area contributed by atoms with E-state index >= 15 is 0 Å². The van der Waals surface area contributed by atoms with Gasteiger partial charge in [-0.25, -0.2) is 0 Å². The first kappa shape index (κ1) is 17.8. The van der Waals surface area contributed by atoms with Crippen LogP contribution >= 0.6 is 0 Å². The molecule has 4 nitrogen and oxygen atoms in total.